The lowest BCUT2D eigenvalue weighted by Crippen LogP contribution is -2.53. The van der Waals surface area contributed by atoms with E-state index in [1.807, 2.05) is 30.0 Å². The maximum atomic E-state index is 13.8. The molecule has 7 nitrogen and oxygen atoms in total. The predicted molar refractivity (Wildman–Crippen MR) is 146 cm³/mol. The Hall–Kier alpha value is -3.42. The molecule has 1 aliphatic carbocycles. The van der Waals surface area contributed by atoms with Gasteiger partial charge in [-0.05, 0) is 66.6 Å². The van der Waals surface area contributed by atoms with E-state index >= 15 is 0 Å². The van der Waals surface area contributed by atoms with Gasteiger partial charge in [0.2, 0.25) is 11.8 Å². The number of nitrogens with zero attached hydrogens (tertiary/aromatic N) is 3. The molecule has 208 valence electrons. The normalized spacial score (nSPS) is 20.5. The van der Waals surface area contributed by atoms with E-state index in [0.29, 0.717) is 44.9 Å². The summed E-state index contributed by atoms with van der Waals surface area (Å²) in [6, 6.07) is 12.0. The molecule has 2 aromatic carbocycles. The van der Waals surface area contributed by atoms with Crippen LogP contribution in [0.15, 0.2) is 42.5 Å². The molecule has 2 fully saturated rings. The van der Waals surface area contributed by atoms with Crippen LogP contribution in [0, 0.1) is 11.7 Å². The Morgan fingerprint density at radius 3 is 2.26 bits per heavy atom. The van der Waals surface area contributed by atoms with Crippen LogP contribution >= 0.6 is 0 Å². The second-order valence-electron chi connectivity index (χ2n) is 10.9. The van der Waals surface area contributed by atoms with E-state index in [0.717, 1.165) is 48.8 Å². The molecule has 2 heterocycles. The van der Waals surface area contributed by atoms with Crippen molar-refractivity contribution in [3.63, 3.8) is 0 Å². The predicted octanol–water partition coefficient (Wildman–Crippen LogP) is 4.34. The van der Waals surface area contributed by atoms with E-state index in [2.05, 4.69) is 0 Å². The van der Waals surface area contributed by atoms with Crippen LogP contribution in [0.1, 0.15) is 68.7 Å². The molecule has 1 saturated heterocycles. The number of piperazine rings is 1. The van der Waals surface area contributed by atoms with Gasteiger partial charge in [-0.1, -0.05) is 38.0 Å². The summed E-state index contributed by atoms with van der Waals surface area (Å²) in [5.41, 5.74) is 2.97. The van der Waals surface area contributed by atoms with Gasteiger partial charge in [0.05, 0.1) is 6.04 Å². The van der Waals surface area contributed by atoms with Crippen LogP contribution < -0.4 is 4.74 Å². The van der Waals surface area contributed by atoms with Gasteiger partial charge in [0.25, 0.3) is 5.91 Å². The van der Waals surface area contributed by atoms with Gasteiger partial charge in [0.1, 0.15) is 11.6 Å². The van der Waals surface area contributed by atoms with Crippen molar-refractivity contribution in [2.45, 2.75) is 64.5 Å². The van der Waals surface area contributed by atoms with Crippen molar-refractivity contribution in [2.24, 2.45) is 5.92 Å². The summed E-state index contributed by atoms with van der Waals surface area (Å²) in [7, 11) is 0. The topological polar surface area (TPSA) is 70.2 Å². The first-order valence-corrected chi connectivity index (χ1v) is 14.3. The second kappa shape index (κ2) is 11.8. The van der Waals surface area contributed by atoms with Crippen molar-refractivity contribution in [1.82, 2.24) is 14.7 Å². The molecule has 3 amide bonds. The summed E-state index contributed by atoms with van der Waals surface area (Å²) in [5, 5.41) is 0. The lowest BCUT2D eigenvalue weighted by atomic mass is 9.87. The fraction of sp³-hybridized carbons (Fsp3) is 0.516. The Kier molecular flexibility index (Phi) is 8.19. The van der Waals surface area contributed by atoms with Gasteiger partial charge in [-0.3, -0.25) is 14.4 Å². The van der Waals surface area contributed by atoms with E-state index in [4.69, 9.17) is 4.74 Å². The fourth-order valence-corrected chi connectivity index (χ4v) is 6.23. The number of halogens is 1. The molecule has 1 saturated carbocycles. The summed E-state index contributed by atoms with van der Waals surface area (Å²) in [4.78, 5) is 44.1. The van der Waals surface area contributed by atoms with Gasteiger partial charge in [-0.15, -0.1) is 0 Å². The number of carbonyl (C=O) groups excluding carboxylic acids is 3. The Balaban J connectivity index is 1.40. The number of ether oxygens (including phenoxy) is 1. The molecule has 0 aromatic heterocycles. The summed E-state index contributed by atoms with van der Waals surface area (Å²) < 4.78 is 20.1. The average molecular weight is 536 g/mol. The zero-order valence-electron chi connectivity index (χ0n) is 22.9. The third kappa shape index (κ3) is 5.80. The number of benzene rings is 2. The first kappa shape index (κ1) is 27.2. The lowest BCUT2D eigenvalue weighted by Gasteiger charge is -2.39. The van der Waals surface area contributed by atoms with Crippen LogP contribution in [0.4, 0.5) is 4.39 Å². The van der Waals surface area contributed by atoms with Gasteiger partial charge < -0.3 is 19.4 Å². The molecule has 39 heavy (non-hydrogen) atoms. The smallest absolute Gasteiger partial charge is 0.263 e. The molecule has 0 spiro atoms. The van der Waals surface area contributed by atoms with Gasteiger partial charge in [-0.25, -0.2) is 4.39 Å². The first-order valence-electron chi connectivity index (χ1n) is 14.3. The number of amides is 3. The van der Waals surface area contributed by atoms with E-state index in [-0.39, 0.29) is 35.5 Å². The van der Waals surface area contributed by atoms with Crippen LogP contribution in [-0.4, -0.2) is 71.2 Å². The molecule has 2 aromatic rings. The molecule has 0 bridgehead atoms. The molecular weight excluding hydrogens is 497 g/mol. The van der Waals surface area contributed by atoms with Crippen LogP contribution in [0.2, 0.25) is 0 Å². The summed E-state index contributed by atoms with van der Waals surface area (Å²) >= 11 is 0. The zero-order chi connectivity index (χ0) is 27.5. The van der Waals surface area contributed by atoms with Gasteiger partial charge in [-0.2, -0.15) is 0 Å². The van der Waals surface area contributed by atoms with E-state index in [1.54, 1.807) is 28.9 Å². The highest BCUT2D eigenvalue weighted by Gasteiger charge is 2.37. The molecule has 2 unspecified atom stereocenters. The zero-order valence-corrected chi connectivity index (χ0v) is 22.9. The molecular formula is C31H38FN3O4. The van der Waals surface area contributed by atoms with Crippen molar-refractivity contribution >= 4 is 17.7 Å². The quantitative estimate of drug-likeness (QED) is 0.552. The van der Waals surface area contributed by atoms with Gasteiger partial charge >= 0.3 is 0 Å². The van der Waals surface area contributed by atoms with Crippen LogP contribution in [0.25, 0.3) is 0 Å². The molecule has 0 N–H and O–H groups in total. The Labute approximate surface area is 229 Å². The van der Waals surface area contributed by atoms with Gasteiger partial charge in [0, 0.05) is 45.6 Å². The highest BCUT2D eigenvalue weighted by atomic mass is 19.1. The van der Waals surface area contributed by atoms with Crippen molar-refractivity contribution in [2.75, 3.05) is 32.7 Å². The monoisotopic (exact) mass is 535 g/mol. The van der Waals surface area contributed by atoms with Crippen molar-refractivity contribution in [3.05, 3.63) is 65.0 Å². The minimum atomic E-state index is -0.643. The minimum absolute atomic E-state index is 0.0237. The summed E-state index contributed by atoms with van der Waals surface area (Å²) in [5.74, 6) is 0.430. The standard InChI is InChI=1S/C31H38FN3O4/c1-3-28(31(38)34-18-16-33(17-19-34)21(2)36)39-26-13-10-22-14-15-35(30(37)24-6-4-5-7-24)29(27(22)20-26)23-8-11-25(32)12-9-23/h8-13,20,24,28-29H,3-7,14-19H2,1-2H3. The summed E-state index contributed by atoms with van der Waals surface area (Å²) in [6.07, 6.45) is 4.60. The number of fused-ring (bicyclic) bond motifs is 1. The SMILES string of the molecule is CCC(Oc1ccc2c(c1)C(c1ccc(F)cc1)N(C(=O)C1CCCC1)CC2)C(=O)N1CCN(C(C)=O)CC1. The first-order chi connectivity index (χ1) is 18.9. The van der Waals surface area contributed by atoms with E-state index in [1.165, 1.54) is 12.1 Å². The average Bonchev–Trinajstić information content (AvgIpc) is 3.50. The molecule has 8 heteroatoms. The van der Waals surface area contributed by atoms with Crippen LogP contribution in [0.5, 0.6) is 5.75 Å². The van der Waals surface area contributed by atoms with E-state index < -0.39 is 6.10 Å². The molecule has 5 rings (SSSR count). The number of carbonyl (C=O) groups is 3. The van der Waals surface area contributed by atoms with Crippen molar-refractivity contribution in [3.8, 4) is 5.75 Å². The van der Waals surface area contributed by atoms with E-state index in [9.17, 15) is 18.8 Å². The Morgan fingerprint density at radius 2 is 1.62 bits per heavy atom. The highest BCUT2D eigenvalue weighted by Crippen LogP contribution is 2.40. The summed E-state index contributed by atoms with van der Waals surface area (Å²) in [6.45, 7) is 6.14. The highest BCUT2D eigenvalue weighted by molar-refractivity contribution is 5.82. The lowest BCUT2D eigenvalue weighted by molar-refractivity contribution is -0.143. The maximum absolute atomic E-state index is 13.8. The number of hydrogen-bond acceptors (Lipinski definition) is 4. The Morgan fingerprint density at radius 1 is 0.949 bits per heavy atom. The largest absolute Gasteiger partial charge is 0.481 e. The maximum Gasteiger partial charge on any atom is 0.263 e. The fourth-order valence-electron chi connectivity index (χ4n) is 6.23. The van der Waals surface area contributed by atoms with Crippen molar-refractivity contribution in [1.29, 1.82) is 0 Å². The molecule has 0 radical (unpaired) electrons. The number of hydrogen-bond donors (Lipinski definition) is 0. The molecule has 2 aliphatic heterocycles. The molecule has 2 atom stereocenters. The van der Waals surface area contributed by atoms with Crippen LogP contribution in [-0.2, 0) is 20.8 Å². The minimum Gasteiger partial charge on any atom is -0.481 e. The Bertz CT molecular complexity index is 1200. The molecule has 3 aliphatic rings. The number of rotatable bonds is 6. The van der Waals surface area contributed by atoms with Crippen molar-refractivity contribution < 1.29 is 23.5 Å². The third-order valence-electron chi connectivity index (χ3n) is 8.48. The van der Waals surface area contributed by atoms with Gasteiger partial charge in [0.15, 0.2) is 6.10 Å². The second-order valence-corrected chi connectivity index (χ2v) is 10.9. The third-order valence-corrected chi connectivity index (χ3v) is 8.48. The van der Waals surface area contributed by atoms with Crippen LogP contribution in [0.3, 0.4) is 0 Å².